The molecule has 11 heteroatoms. The Labute approximate surface area is 224 Å². The third-order valence-electron chi connectivity index (χ3n) is 6.22. The number of non-ortho nitro benzene ring substituents is 1. The number of nitrogens with zero attached hydrogens (tertiary/aromatic N) is 4. The summed E-state index contributed by atoms with van der Waals surface area (Å²) in [4.78, 5) is 29.3. The van der Waals surface area contributed by atoms with Gasteiger partial charge in [0, 0.05) is 54.4 Å². The van der Waals surface area contributed by atoms with E-state index in [2.05, 4.69) is 15.6 Å². The van der Waals surface area contributed by atoms with E-state index in [1.165, 1.54) is 19.2 Å². The number of pyridine rings is 1. The minimum absolute atomic E-state index is 0.0248. The van der Waals surface area contributed by atoms with Crippen molar-refractivity contribution in [3.63, 3.8) is 0 Å². The maximum Gasteiger partial charge on any atom is 0.269 e. The number of benzene rings is 2. The highest BCUT2D eigenvalue weighted by molar-refractivity contribution is 7.80. The number of ether oxygens (including phenoxy) is 1. The van der Waals surface area contributed by atoms with E-state index in [9.17, 15) is 14.9 Å². The van der Waals surface area contributed by atoms with E-state index in [1.54, 1.807) is 18.3 Å². The highest BCUT2D eigenvalue weighted by Gasteiger charge is 2.42. The lowest BCUT2D eigenvalue weighted by Gasteiger charge is -2.29. The second-order valence-corrected chi connectivity index (χ2v) is 8.99. The fraction of sp³-hybridized carbons (Fsp3) is 0.148. The van der Waals surface area contributed by atoms with E-state index in [0.717, 1.165) is 22.8 Å². The van der Waals surface area contributed by atoms with Crippen LogP contribution < -0.4 is 15.5 Å². The number of aromatic nitrogens is 2. The topological polar surface area (TPSA) is 115 Å². The highest BCUT2D eigenvalue weighted by Crippen LogP contribution is 2.42. The van der Waals surface area contributed by atoms with Crippen molar-refractivity contribution in [1.29, 1.82) is 0 Å². The molecular weight excluding hydrogens is 504 g/mol. The zero-order valence-corrected chi connectivity index (χ0v) is 21.2. The SMILES string of the molecule is COCC(=O)Nc1ccc(N2C(=S)NC(c3ccccn3)C2c2cccn2-c2ccc([N+](=O)[O-])cc2)cc1. The summed E-state index contributed by atoms with van der Waals surface area (Å²) in [6.07, 6.45) is 3.66. The number of anilines is 2. The molecule has 2 atom stereocenters. The molecule has 1 aliphatic rings. The van der Waals surface area contributed by atoms with E-state index in [-0.39, 0.29) is 30.3 Å². The predicted octanol–water partition coefficient (Wildman–Crippen LogP) is 4.54. The molecule has 1 aliphatic heterocycles. The number of carbonyl (C=O) groups excluding carboxylic acids is 1. The van der Waals surface area contributed by atoms with Gasteiger partial charge in [-0.3, -0.25) is 19.9 Å². The molecule has 0 bridgehead atoms. The van der Waals surface area contributed by atoms with Crippen LogP contribution >= 0.6 is 12.2 Å². The Hall–Kier alpha value is -4.61. The molecule has 38 heavy (non-hydrogen) atoms. The summed E-state index contributed by atoms with van der Waals surface area (Å²) in [6.45, 7) is -0.0324. The van der Waals surface area contributed by atoms with Crippen molar-refractivity contribution in [2.75, 3.05) is 23.9 Å². The summed E-state index contributed by atoms with van der Waals surface area (Å²) in [7, 11) is 1.47. The second-order valence-electron chi connectivity index (χ2n) is 8.60. The zero-order chi connectivity index (χ0) is 26.6. The van der Waals surface area contributed by atoms with Gasteiger partial charge in [0.2, 0.25) is 5.91 Å². The molecule has 0 spiro atoms. The van der Waals surface area contributed by atoms with Crippen LogP contribution in [0.3, 0.4) is 0 Å². The average Bonchev–Trinajstić information content (AvgIpc) is 3.54. The lowest BCUT2D eigenvalue weighted by molar-refractivity contribution is -0.384. The van der Waals surface area contributed by atoms with Gasteiger partial charge in [-0.15, -0.1) is 0 Å². The fourth-order valence-electron chi connectivity index (χ4n) is 4.57. The van der Waals surface area contributed by atoms with Crippen LogP contribution in [0.25, 0.3) is 5.69 Å². The molecule has 5 rings (SSSR count). The monoisotopic (exact) mass is 528 g/mol. The van der Waals surface area contributed by atoms with Gasteiger partial charge >= 0.3 is 0 Å². The quantitative estimate of drug-likeness (QED) is 0.195. The number of amides is 1. The van der Waals surface area contributed by atoms with Crippen LogP contribution in [0, 0.1) is 10.1 Å². The van der Waals surface area contributed by atoms with Crippen molar-refractivity contribution >= 4 is 40.3 Å². The minimum atomic E-state index is -0.417. The predicted molar refractivity (Wildman–Crippen MR) is 147 cm³/mol. The van der Waals surface area contributed by atoms with Gasteiger partial charge in [0.1, 0.15) is 12.6 Å². The van der Waals surface area contributed by atoms with Crippen molar-refractivity contribution in [2.45, 2.75) is 12.1 Å². The lowest BCUT2D eigenvalue weighted by atomic mass is 10.0. The summed E-state index contributed by atoms with van der Waals surface area (Å²) in [6, 6.07) is 22.9. The molecule has 1 amide bonds. The van der Waals surface area contributed by atoms with Crippen LogP contribution in [-0.4, -0.2) is 39.2 Å². The van der Waals surface area contributed by atoms with Crippen molar-refractivity contribution in [1.82, 2.24) is 14.9 Å². The first-order valence-corrected chi connectivity index (χ1v) is 12.2. The van der Waals surface area contributed by atoms with E-state index in [1.807, 2.05) is 70.3 Å². The van der Waals surface area contributed by atoms with E-state index < -0.39 is 4.92 Å². The van der Waals surface area contributed by atoms with Gasteiger partial charge in [0.05, 0.1) is 16.7 Å². The number of methoxy groups -OCH3 is 1. The Kier molecular flexibility index (Phi) is 7.11. The van der Waals surface area contributed by atoms with Gasteiger partial charge in [-0.25, -0.2) is 0 Å². The first-order chi connectivity index (χ1) is 18.5. The molecule has 1 saturated heterocycles. The lowest BCUT2D eigenvalue weighted by Crippen LogP contribution is -2.30. The van der Waals surface area contributed by atoms with Crippen LogP contribution in [0.5, 0.6) is 0 Å². The number of hydrogen-bond donors (Lipinski definition) is 2. The number of hydrogen-bond acceptors (Lipinski definition) is 6. The number of nitro groups is 1. The van der Waals surface area contributed by atoms with E-state index >= 15 is 0 Å². The number of rotatable bonds is 8. The third-order valence-corrected chi connectivity index (χ3v) is 6.54. The number of thiocarbonyl (C=S) groups is 1. The maximum atomic E-state index is 11.9. The normalized spacial score (nSPS) is 16.8. The highest BCUT2D eigenvalue weighted by atomic mass is 32.1. The zero-order valence-electron chi connectivity index (χ0n) is 20.4. The summed E-state index contributed by atoms with van der Waals surface area (Å²) in [5.74, 6) is -0.243. The van der Waals surface area contributed by atoms with Crippen LogP contribution in [0.15, 0.2) is 91.3 Å². The molecule has 2 N–H and O–H groups in total. The largest absolute Gasteiger partial charge is 0.375 e. The summed E-state index contributed by atoms with van der Waals surface area (Å²) < 4.78 is 6.88. The molecule has 2 aromatic carbocycles. The van der Waals surface area contributed by atoms with Gasteiger partial charge in [-0.1, -0.05) is 6.07 Å². The number of carbonyl (C=O) groups is 1. The molecule has 2 aromatic heterocycles. The van der Waals surface area contributed by atoms with Gasteiger partial charge in [-0.05, 0) is 72.9 Å². The molecule has 4 aromatic rings. The van der Waals surface area contributed by atoms with Gasteiger partial charge in [0.15, 0.2) is 5.11 Å². The molecule has 10 nitrogen and oxygen atoms in total. The molecule has 0 aliphatic carbocycles. The standard InChI is InChI=1S/C27H24N6O4S/c1-37-17-24(34)29-18-7-9-20(10-8-18)32-26(25(30-27(32)38)22-5-2-3-15-28-22)23-6-4-16-31(23)19-11-13-21(14-12-19)33(35)36/h2-16,25-26H,17H2,1H3,(H,29,34)(H,30,38). The summed E-state index contributed by atoms with van der Waals surface area (Å²) in [5, 5.41) is 17.9. The van der Waals surface area contributed by atoms with Crippen molar-refractivity contribution in [3.8, 4) is 5.69 Å². The van der Waals surface area contributed by atoms with Gasteiger partial charge in [-0.2, -0.15) is 0 Å². The minimum Gasteiger partial charge on any atom is -0.375 e. The van der Waals surface area contributed by atoms with Gasteiger partial charge in [0.25, 0.3) is 5.69 Å². The maximum absolute atomic E-state index is 11.9. The van der Waals surface area contributed by atoms with Crippen molar-refractivity contribution < 1.29 is 14.5 Å². The average molecular weight is 529 g/mol. The number of nitro benzene ring substituents is 1. The molecule has 1 fully saturated rings. The van der Waals surface area contributed by atoms with Crippen LogP contribution in [0.1, 0.15) is 23.5 Å². The smallest absolute Gasteiger partial charge is 0.269 e. The Morgan fingerprint density at radius 2 is 1.82 bits per heavy atom. The van der Waals surface area contributed by atoms with Crippen LogP contribution in [0.4, 0.5) is 17.1 Å². The van der Waals surface area contributed by atoms with Gasteiger partial charge < -0.3 is 24.8 Å². The van der Waals surface area contributed by atoms with E-state index in [0.29, 0.717) is 10.8 Å². The fourth-order valence-corrected chi connectivity index (χ4v) is 4.92. The van der Waals surface area contributed by atoms with E-state index in [4.69, 9.17) is 17.0 Å². The Bertz CT molecular complexity index is 1460. The number of nitrogens with one attached hydrogen (secondary N) is 2. The molecule has 0 radical (unpaired) electrons. The summed E-state index contributed by atoms with van der Waals surface area (Å²) in [5.41, 5.74) is 4.01. The molecular formula is C27H24N6O4S. The molecule has 3 heterocycles. The van der Waals surface area contributed by atoms with Crippen molar-refractivity contribution in [3.05, 3.63) is 113 Å². The van der Waals surface area contributed by atoms with Crippen LogP contribution in [0.2, 0.25) is 0 Å². The Balaban J connectivity index is 1.55. The first kappa shape index (κ1) is 25.1. The third kappa shape index (κ3) is 4.97. The Morgan fingerprint density at radius 1 is 1.08 bits per heavy atom. The first-order valence-electron chi connectivity index (χ1n) is 11.8. The molecule has 192 valence electrons. The second kappa shape index (κ2) is 10.8. The van der Waals surface area contributed by atoms with Crippen LogP contribution in [-0.2, 0) is 9.53 Å². The Morgan fingerprint density at radius 3 is 2.47 bits per heavy atom. The van der Waals surface area contributed by atoms with Crippen molar-refractivity contribution in [2.24, 2.45) is 0 Å². The molecule has 0 saturated carbocycles. The summed E-state index contributed by atoms with van der Waals surface area (Å²) >= 11 is 5.81. The molecule has 2 unspecified atom stereocenters.